The van der Waals surface area contributed by atoms with Crippen molar-refractivity contribution in [3.63, 3.8) is 0 Å². The summed E-state index contributed by atoms with van der Waals surface area (Å²) in [5, 5.41) is 3.21. The van der Waals surface area contributed by atoms with Crippen LogP contribution in [0.25, 0.3) is 22.6 Å². The van der Waals surface area contributed by atoms with Gasteiger partial charge in [-0.25, -0.2) is 19.3 Å². The Morgan fingerprint density at radius 1 is 1.00 bits per heavy atom. The van der Waals surface area contributed by atoms with Gasteiger partial charge in [-0.1, -0.05) is 18.2 Å². The summed E-state index contributed by atoms with van der Waals surface area (Å²) in [7, 11) is 5.08. The van der Waals surface area contributed by atoms with Crippen LogP contribution in [-0.2, 0) is 13.6 Å². The zero-order valence-corrected chi connectivity index (χ0v) is 17.5. The van der Waals surface area contributed by atoms with Crippen molar-refractivity contribution in [2.45, 2.75) is 6.54 Å². The first-order valence-corrected chi connectivity index (χ1v) is 9.64. The lowest BCUT2D eigenvalue weighted by molar-refractivity contribution is 0.393. The van der Waals surface area contributed by atoms with Crippen molar-refractivity contribution in [2.24, 2.45) is 7.05 Å². The van der Waals surface area contributed by atoms with Gasteiger partial charge in [0.15, 0.2) is 5.82 Å². The number of rotatable bonds is 7. The molecule has 8 heteroatoms. The Balaban J connectivity index is 1.69. The van der Waals surface area contributed by atoms with Crippen LogP contribution in [0.1, 0.15) is 5.56 Å². The number of aromatic nitrogens is 4. The summed E-state index contributed by atoms with van der Waals surface area (Å²) < 4.78 is 27.0. The van der Waals surface area contributed by atoms with Gasteiger partial charge in [0, 0.05) is 49.4 Å². The van der Waals surface area contributed by atoms with E-state index in [1.54, 1.807) is 44.8 Å². The summed E-state index contributed by atoms with van der Waals surface area (Å²) in [6, 6.07) is 12.2. The average molecular weight is 419 g/mol. The molecule has 2 aromatic carbocycles. The molecule has 2 aromatic heterocycles. The molecule has 0 aliphatic heterocycles. The number of methoxy groups -OCH3 is 2. The van der Waals surface area contributed by atoms with Crippen molar-refractivity contribution in [2.75, 3.05) is 19.5 Å². The summed E-state index contributed by atoms with van der Waals surface area (Å²) in [6.45, 7) is 0.451. The fraction of sp³-hybridized carbons (Fsp3) is 0.174. The number of hydrogen-bond donors (Lipinski definition) is 1. The van der Waals surface area contributed by atoms with E-state index < -0.39 is 0 Å². The third kappa shape index (κ3) is 4.32. The van der Waals surface area contributed by atoms with Crippen molar-refractivity contribution < 1.29 is 13.9 Å². The van der Waals surface area contributed by atoms with Crippen LogP contribution in [0.2, 0.25) is 0 Å². The van der Waals surface area contributed by atoms with E-state index in [-0.39, 0.29) is 5.82 Å². The molecule has 0 radical (unpaired) electrons. The molecule has 0 bridgehead atoms. The van der Waals surface area contributed by atoms with Gasteiger partial charge in [0.2, 0.25) is 5.95 Å². The molecule has 0 aliphatic carbocycles. The molecule has 0 saturated carbocycles. The van der Waals surface area contributed by atoms with E-state index in [1.807, 2.05) is 36.0 Å². The molecule has 0 amide bonds. The maximum Gasteiger partial charge on any atom is 0.223 e. The minimum atomic E-state index is -0.342. The molecular weight excluding hydrogens is 397 g/mol. The van der Waals surface area contributed by atoms with E-state index >= 15 is 0 Å². The Morgan fingerprint density at radius 3 is 2.39 bits per heavy atom. The number of ether oxygens (including phenoxy) is 2. The zero-order valence-electron chi connectivity index (χ0n) is 17.5. The van der Waals surface area contributed by atoms with E-state index in [9.17, 15) is 4.39 Å². The Morgan fingerprint density at radius 2 is 1.74 bits per heavy atom. The number of imidazole rings is 1. The molecule has 158 valence electrons. The van der Waals surface area contributed by atoms with Gasteiger partial charge in [0.05, 0.1) is 14.2 Å². The first-order chi connectivity index (χ1) is 15.1. The van der Waals surface area contributed by atoms with Crippen LogP contribution in [-0.4, -0.2) is 33.7 Å². The first-order valence-electron chi connectivity index (χ1n) is 9.64. The maximum atomic E-state index is 14.5. The van der Waals surface area contributed by atoms with Crippen LogP contribution in [0.4, 0.5) is 10.3 Å². The van der Waals surface area contributed by atoms with Gasteiger partial charge >= 0.3 is 0 Å². The summed E-state index contributed by atoms with van der Waals surface area (Å²) in [4.78, 5) is 13.5. The van der Waals surface area contributed by atoms with Crippen LogP contribution >= 0.6 is 0 Å². The number of nitrogens with one attached hydrogen (secondary N) is 1. The van der Waals surface area contributed by atoms with Crippen molar-refractivity contribution in [1.29, 1.82) is 0 Å². The van der Waals surface area contributed by atoms with Crippen LogP contribution in [0.5, 0.6) is 11.5 Å². The number of benzene rings is 2. The molecule has 7 nitrogen and oxygen atoms in total. The first kappa shape index (κ1) is 20.3. The molecule has 1 N–H and O–H groups in total. The minimum absolute atomic E-state index is 0.342. The second kappa shape index (κ2) is 8.83. The molecule has 2 heterocycles. The van der Waals surface area contributed by atoms with Crippen molar-refractivity contribution in [3.8, 4) is 34.1 Å². The van der Waals surface area contributed by atoms with Gasteiger partial charge in [-0.3, -0.25) is 0 Å². The van der Waals surface area contributed by atoms with Crippen molar-refractivity contribution >= 4 is 5.95 Å². The molecular formula is C23H22FN5O2. The Labute approximate surface area is 179 Å². The summed E-state index contributed by atoms with van der Waals surface area (Å²) in [6.07, 6.45) is 5.11. The topological polar surface area (TPSA) is 74.1 Å². The smallest absolute Gasteiger partial charge is 0.223 e. The Bertz CT molecular complexity index is 1190. The van der Waals surface area contributed by atoms with E-state index in [0.717, 1.165) is 5.56 Å². The van der Waals surface area contributed by atoms with E-state index in [1.165, 1.54) is 6.07 Å². The molecule has 0 fully saturated rings. The van der Waals surface area contributed by atoms with Gasteiger partial charge in [-0.15, -0.1) is 0 Å². The molecule has 31 heavy (non-hydrogen) atoms. The van der Waals surface area contributed by atoms with Crippen molar-refractivity contribution in [1.82, 2.24) is 19.5 Å². The van der Waals surface area contributed by atoms with Gasteiger partial charge in [0.1, 0.15) is 23.0 Å². The van der Waals surface area contributed by atoms with Gasteiger partial charge in [0.25, 0.3) is 0 Å². The molecule has 0 saturated heterocycles. The SMILES string of the molecule is COc1cc(CNc2ncc(-c3ccccc3F)c(-c3nccn3C)n2)cc(OC)c1. The van der Waals surface area contributed by atoms with Crippen LogP contribution in [0, 0.1) is 5.82 Å². The summed E-state index contributed by atoms with van der Waals surface area (Å²) in [5.41, 5.74) is 2.47. The van der Waals surface area contributed by atoms with Crippen LogP contribution < -0.4 is 14.8 Å². The molecule has 4 aromatic rings. The molecule has 0 unspecified atom stereocenters. The largest absolute Gasteiger partial charge is 0.497 e. The Kier molecular flexibility index (Phi) is 5.79. The number of anilines is 1. The third-order valence-electron chi connectivity index (χ3n) is 4.85. The Hall–Kier alpha value is -3.94. The highest BCUT2D eigenvalue weighted by Crippen LogP contribution is 2.31. The molecule has 0 aliphatic rings. The lowest BCUT2D eigenvalue weighted by Gasteiger charge is -2.13. The fourth-order valence-electron chi connectivity index (χ4n) is 3.26. The van der Waals surface area contributed by atoms with Crippen LogP contribution in [0.3, 0.4) is 0 Å². The third-order valence-corrected chi connectivity index (χ3v) is 4.85. The highest BCUT2D eigenvalue weighted by molar-refractivity contribution is 5.78. The normalized spacial score (nSPS) is 10.7. The molecule has 4 rings (SSSR count). The van der Waals surface area contributed by atoms with Gasteiger partial charge in [-0.05, 0) is 23.8 Å². The second-order valence-electron chi connectivity index (χ2n) is 6.87. The number of halogens is 1. The zero-order chi connectivity index (χ0) is 21.8. The van der Waals surface area contributed by atoms with E-state index in [2.05, 4.69) is 20.3 Å². The predicted octanol–water partition coefficient (Wildman–Crippen LogP) is 4.31. The van der Waals surface area contributed by atoms with Crippen molar-refractivity contribution in [3.05, 3.63) is 72.4 Å². The van der Waals surface area contributed by atoms with E-state index in [0.29, 0.717) is 46.6 Å². The standard InChI is InChI=1S/C23H22FN5O2/c1-29-9-8-25-22(29)21-19(18-6-4-5-7-20(18)24)14-27-23(28-21)26-13-15-10-16(30-2)12-17(11-15)31-3/h4-12,14H,13H2,1-3H3,(H,26,27,28). The number of hydrogen-bond acceptors (Lipinski definition) is 6. The lowest BCUT2D eigenvalue weighted by atomic mass is 10.0. The summed E-state index contributed by atoms with van der Waals surface area (Å²) in [5.74, 6) is 2.07. The monoisotopic (exact) mass is 419 g/mol. The quantitative estimate of drug-likeness (QED) is 0.481. The van der Waals surface area contributed by atoms with Gasteiger partial charge < -0.3 is 19.4 Å². The summed E-state index contributed by atoms with van der Waals surface area (Å²) >= 11 is 0. The minimum Gasteiger partial charge on any atom is -0.497 e. The predicted molar refractivity (Wildman–Crippen MR) is 117 cm³/mol. The number of nitrogens with zero attached hydrogens (tertiary/aromatic N) is 4. The van der Waals surface area contributed by atoms with Gasteiger partial charge in [-0.2, -0.15) is 0 Å². The van der Waals surface area contributed by atoms with Crippen LogP contribution in [0.15, 0.2) is 61.1 Å². The molecule has 0 atom stereocenters. The highest BCUT2D eigenvalue weighted by Gasteiger charge is 2.17. The average Bonchev–Trinajstić information content (AvgIpc) is 3.23. The fourth-order valence-corrected chi connectivity index (χ4v) is 3.26. The second-order valence-corrected chi connectivity index (χ2v) is 6.87. The highest BCUT2D eigenvalue weighted by atomic mass is 19.1. The molecule has 0 spiro atoms. The van der Waals surface area contributed by atoms with E-state index in [4.69, 9.17) is 9.47 Å². The number of aryl methyl sites for hydroxylation is 1. The maximum absolute atomic E-state index is 14.5. The lowest BCUT2D eigenvalue weighted by Crippen LogP contribution is -2.07.